The number of carbonyl (C=O) groups excluding carboxylic acids is 2. The van der Waals surface area contributed by atoms with Gasteiger partial charge in [-0.3, -0.25) is 9.10 Å². The lowest BCUT2D eigenvalue weighted by atomic mass is 10.2. The Morgan fingerprint density at radius 3 is 2.35 bits per heavy atom. The van der Waals surface area contributed by atoms with E-state index in [1.807, 2.05) is 0 Å². The van der Waals surface area contributed by atoms with Crippen LogP contribution in [-0.4, -0.2) is 53.2 Å². The maximum absolute atomic E-state index is 12.5. The van der Waals surface area contributed by atoms with Crippen LogP contribution in [0.3, 0.4) is 0 Å². The van der Waals surface area contributed by atoms with Gasteiger partial charge >= 0.3 is 6.16 Å². The molecule has 166 valence electrons. The Balaban J connectivity index is 2.12. The molecule has 1 atom stereocenters. The Labute approximate surface area is 180 Å². The number of nitrogens with one attached hydrogen (secondary N) is 1. The molecule has 0 aromatic heterocycles. The molecule has 0 radical (unpaired) electrons. The molecule has 0 fully saturated rings. The lowest BCUT2D eigenvalue weighted by Crippen LogP contribution is -2.46. The number of methoxy groups -OCH3 is 2. The summed E-state index contributed by atoms with van der Waals surface area (Å²) in [6.45, 7) is 1.46. The van der Waals surface area contributed by atoms with Crippen LogP contribution in [0, 0.1) is 0 Å². The first kappa shape index (κ1) is 23.7. The van der Waals surface area contributed by atoms with Gasteiger partial charge in [-0.1, -0.05) is 18.2 Å². The highest BCUT2D eigenvalue weighted by Gasteiger charge is 2.28. The predicted octanol–water partition coefficient (Wildman–Crippen LogP) is 2.15. The van der Waals surface area contributed by atoms with Crippen LogP contribution < -0.4 is 19.2 Å². The van der Waals surface area contributed by atoms with Crippen LogP contribution in [0.4, 0.5) is 10.5 Å². The molecular weight excluding hydrogens is 426 g/mol. The summed E-state index contributed by atoms with van der Waals surface area (Å²) >= 11 is 0. The van der Waals surface area contributed by atoms with Crippen molar-refractivity contribution < 1.29 is 32.2 Å². The third-order valence-electron chi connectivity index (χ3n) is 4.04. The van der Waals surface area contributed by atoms with Crippen molar-refractivity contribution >= 4 is 34.0 Å². The second-order valence-electron chi connectivity index (χ2n) is 6.27. The zero-order chi connectivity index (χ0) is 23.0. The van der Waals surface area contributed by atoms with Gasteiger partial charge in [0.15, 0.2) is 11.5 Å². The predicted molar refractivity (Wildman–Crippen MR) is 115 cm³/mol. The Morgan fingerprint density at radius 1 is 1.10 bits per heavy atom. The first-order valence-corrected chi connectivity index (χ1v) is 10.8. The molecule has 0 saturated carbocycles. The number of sulfonamides is 1. The molecule has 2 aromatic carbocycles. The smallest absolute Gasteiger partial charge is 0.493 e. The number of hydrogen-bond donors (Lipinski definition) is 1. The highest BCUT2D eigenvalue weighted by molar-refractivity contribution is 7.92. The highest BCUT2D eigenvalue weighted by Crippen LogP contribution is 2.28. The third-order valence-corrected chi connectivity index (χ3v) is 5.28. The number of amides is 1. The summed E-state index contributed by atoms with van der Waals surface area (Å²) in [7, 11) is -1.13. The fraction of sp³-hybridized carbons (Fsp3) is 0.250. The van der Waals surface area contributed by atoms with Crippen molar-refractivity contribution in [2.45, 2.75) is 13.0 Å². The summed E-state index contributed by atoms with van der Waals surface area (Å²) in [5.41, 5.74) is 3.22. The van der Waals surface area contributed by atoms with Crippen LogP contribution in [0.2, 0.25) is 0 Å². The van der Waals surface area contributed by atoms with Crippen LogP contribution in [0.15, 0.2) is 53.6 Å². The minimum atomic E-state index is -3.71. The molecule has 1 N–H and O–H groups in total. The average molecular weight is 449 g/mol. The van der Waals surface area contributed by atoms with Gasteiger partial charge in [0, 0.05) is 0 Å². The second-order valence-corrected chi connectivity index (χ2v) is 8.13. The van der Waals surface area contributed by atoms with Crippen molar-refractivity contribution in [1.82, 2.24) is 5.43 Å². The van der Waals surface area contributed by atoms with Crippen LogP contribution in [0.25, 0.3) is 0 Å². The number of benzene rings is 2. The Bertz CT molecular complexity index is 1060. The molecule has 31 heavy (non-hydrogen) atoms. The Kier molecular flexibility index (Phi) is 7.97. The maximum Gasteiger partial charge on any atom is 0.513 e. The fourth-order valence-electron chi connectivity index (χ4n) is 2.63. The number of hydrogen-bond acceptors (Lipinski definition) is 8. The molecule has 0 aliphatic carbocycles. The third kappa shape index (κ3) is 6.44. The Morgan fingerprint density at radius 2 is 1.77 bits per heavy atom. The normalized spacial score (nSPS) is 12.1. The van der Waals surface area contributed by atoms with Gasteiger partial charge in [0.1, 0.15) is 6.04 Å². The van der Waals surface area contributed by atoms with E-state index in [0.717, 1.165) is 10.6 Å². The molecule has 0 unspecified atom stereocenters. The van der Waals surface area contributed by atoms with Crippen molar-refractivity contribution in [2.75, 3.05) is 24.8 Å². The molecule has 11 heteroatoms. The van der Waals surface area contributed by atoms with E-state index in [1.54, 1.807) is 36.4 Å². The van der Waals surface area contributed by atoms with E-state index in [0.29, 0.717) is 11.3 Å². The minimum absolute atomic E-state index is 0.149. The number of nitrogens with zero attached hydrogens (tertiary/aromatic N) is 2. The van der Waals surface area contributed by atoms with Gasteiger partial charge in [0.25, 0.3) is 5.91 Å². The summed E-state index contributed by atoms with van der Waals surface area (Å²) in [6.07, 6.45) is 1.47. The molecule has 2 aromatic rings. The zero-order valence-corrected chi connectivity index (χ0v) is 18.3. The molecular formula is C20H23N3O7S. The number of anilines is 1. The van der Waals surface area contributed by atoms with Crippen molar-refractivity contribution in [1.29, 1.82) is 0 Å². The largest absolute Gasteiger partial charge is 0.513 e. The summed E-state index contributed by atoms with van der Waals surface area (Å²) in [6, 6.07) is 11.8. The van der Waals surface area contributed by atoms with Crippen LogP contribution in [0.1, 0.15) is 12.5 Å². The summed E-state index contributed by atoms with van der Waals surface area (Å²) in [4.78, 5) is 23.8. The van der Waals surface area contributed by atoms with Crippen molar-refractivity contribution in [3.05, 3.63) is 54.1 Å². The van der Waals surface area contributed by atoms with Gasteiger partial charge in [0.2, 0.25) is 10.0 Å². The van der Waals surface area contributed by atoms with Gasteiger partial charge in [-0.25, -0.2) is 18.6 Å². The molecule has 2 rings (SSSR count). The lowest BCUT2D eigenvalue weighted by Gasteiger charge is -2.27. The first-order valence-electron chi connectivity index (χ1n) is 8.98. The number of rotatable bonds is 8. The number of para-hydroxylation sites is 1. The molecule has 0 bridgehead atoms. The summed E-state index contributed by atoms with van der Waals surface area (Å²) in [5.74, 6) is -0.222. The van der Waals surface area contributed by atoms with Crippen LogP contribution in [0.5, 0.6) is 11.5 Å². The monoisotopic (exact) mass is 449 g/mol. The average Bonchev–Trinajstić information content (AvgIpc) is 2.74. The van der Waals surface area contributed by atoms with Gasteiger partial charge in [0.05, 0.1) is 32.4 Å². The molecule has 10 nitrogen and oxygen atoms in total. The molecule has 0 heterocycles. The molecule has 0 aliphatic heterocycles. The quantitative estimate of drug-likeness (QED) is 0.283. The fourth-order valence-corrected chi connectivity index (χ4v) is 3.80. The van der Waals surface area contributed by atoms with Gasteiger partial charge in [-0.2, -0.15) is 5.10 Å². The maximum atomic E-state index is 12.5. The SMILES string of the molecule is COC(=O)Oc1ccc(/C=N\NC(=O)[C@@H](C)N(c2ccccc2)S(C)(=O)=O)cc1OC. The number of carbonyl (C=O) groups is 2. The van der Waals surface area contributed by atoms with Crippen molar-refractivity contribution in [3.8, 4) is 11.5 Å². The minimum Gasteiger partial charge on any atom is -0.493 e. The molecule has 0 saturated heterocycles. The summed E-state index contributed by atoms with van der Waals surface area (Å²) in [5, 5.41) is 3.87. The molecule has 0 spiro atoms. The number of hydrazone groups is 1. The van der Waals surface area contributed by atoms with E-state index in [1.165, 1.54) is 39.5 Å². The molecule has 1 amide bonds. The standard InChI is InChI=1S/C20H23N3O7S/c1-14(23(31(4,26)27)16-8-6-5-7-9-16)19(24)22-21-13-15-10-11-17(18(12-15)28-2)30-20(25)29-3/h5-14H,1-4H3,(H,22,24)/b21-13-/t14-/m1/s1. The lowest BCUT2D eigenvalue weighted by molar-refractivity contribution is -0.121. The van der Waals surface area contributed by atoms with Crippen LogP contribution >= 0.6 is 0 Å². The van der Waals surface area contributed by atoms with E-state index in [-0.39, 0.29) is 11.5 Å². The van der Waals surface area contributed by atoms with Crippen molar-refractivity contribution in [2.24, 2.45) is 5.10 Å². The van der Waals surface area contributed by atoms with Crippen molar-refractivity contribution in [3.63, 3.8) is 0 Å². The highest BCUT2D eigenvalue weighted by atomic mass is 32.2. The van der Waals surface area contributed by atoms with E-state index < -0.39 is 28.1 Å². The first-order chi connectivity index (χ1) is 14.7. The van der Waals surface area contributed by atoms with Gasteiger partial charge in [-0.05, 0) is 42.8 Å². The van der Waals surface area contributed by atoms with Gasteiger partial charge < -0.3 is 14.2 Å². The number of ether oxygens (including phenoxy) is 3. The Hall–Kier alpha value is -3.60. The van der Waals surface area contributed by atoms with Gasteiger partial charge in [-0.15, -0.1) is 0 Å². The zero-order valence-electron chi connectivity index (χ0n) is 17.4. The van der Waals surface area contributed by atoms with Crippen LogP contribution in [-0.2, 0) is 19.6 Å². The van der Waals surface area contributed by atoms with E-state index in [2.05, 4.69) is 15.3 Å². The topological polar surface area (TPSA) is 124 Å². The van der Waals surface area contributed by atoms with E-state index in [4.69, 9.17) is 9.47 Å². The van der Waals surface area contributed by atoms with E-state index in [9.17, 15) is 18.0 Å². The molecule has 0 aliphatic rings. The second kappa shape index (κ2) is 10.4. The summed E-state index contributed by atoms with van der Waals surface area (Å²) < 4.78 is 40.0. The van der Waals surface area contributed by atoms with E-state index >= 15 is 0 Å².